The minimum atomic E-state index is -0.174. The first-order chi connectivity index (χ1) is 6.11. The van der Waals surface area contributed by atoms with Crippen molar-refractivity contribution >= 4 is 29.5 Å². The summed E-state index contributed by atoms with van der Waals surface area (Å²) < 4.78 is 6.23. The fraction of sp³-hybridized carbons (Fsp3) is 0.667. The number of thioether (sulfide) groups is 2. The van der Waals surface area contributed by atoms with Crippen LogP contribution in [-0.4, -0.2) is 23.6 Å². The van der Waals surface area contributed by atoms with Crippen LogP contribution in [0.25, 0.3) is 0 Å². The molecule has 0 saturated carbocycles. The molecule has 1 heterocycles. The molecule has 0 amide bonds. The molecule has 4 heteroatoms. The lowest BCUT2D eigenvalue weighted by molar-refractivity contribution is -0.142. The highest BCUT2D eigenvalue weighted by molar-refractivity contribution is 8.25. The summed E-state index contributed by atoms with van der Waals surface area (Å²) >= 11 is 3.50. The van der Waals surface area contributed by atoms with Crippen molar-refractivity contribution in [2.75, 3.05) is 11.5 Å². The lowest BCUT2D eigenvalue weighted by Gasteiger charge is -2.08. The van der Waals surface area contributed by atoms with E-state index in [-0.39, 0.29) is 12.1 Å². The van der Waals surface area contributed by atoms with Crippen LogP contribution in [0.15, 0.2) is 9.81 Å². The van der Waals surface area contributed by atoms with Crippen molar-refractivity contribution in [3.63, 3.8) is 0 Å². The molecule has 0 spiro atoms. The molecule has 1 rings (SSSR count). The molecule has 0 aromatic carbocycles. The molecule has 1 aliphatic rings. The van der Waals surface area contributed by atoms with Gasteiger partial charge in [0.05, 0.1) is 15.9 Å². The lowest BCUT2D eigenvalue weighted by Crippen LogP contribution is -2.12. The van der Waals surface area contributed by atoms with Crippen LogP contribution in [0.1, 0.15) is 20.8 Å². The minimum Gasteiger partial charge on any atom is -0.460 e. The van der Waals surface area contributed by atoms with Gasteiger partial charge in [0, 0.05) is 11.5 Å². The van der Waals surface area contributed by atoms with E-state index in [4.69, 9.17) is 4.74 Å². The summed E-state index contributed by atoms with van der Waals surface area (Å²) in [5.41, 5.74) is 0.765. The van der Waals surface area contributed by atoms with Gasteiger partial charge in [0.25, 0.3) is 0 Å². The third kappa shape index (κ3) is 3.27. The van der Waals surface area contributed by atoms with Gasteiger partial charge in [0.1, 0.15) is 0 Å². The summed E-state index contributed by atoms with van der Waals surface area (Å²) in [6, 6.07) is 0. The Bertz CT molecular complexity index is 226. The highest BCUT2D eigenvalue weighted by Crippen LogP contribution is 2.38. The first-order valence-electron chi connectivity index (χ1n) is 4.28. The molecule has 0 N–H and O–H groups in total. The van der Waals surface area contributed by atoms with Gasteiger partial charge in [-0.05, 0) is 20.8 Å². The summed E-state index contributed by atoms with van der Waals surface area (Å²) in [4.78, 5) is 11.4. The van der Waals surface area contributed by atoms with Crippen molar-refractivity contribution in [1.29, 1.82) is 0 Å². The average molecular weight is 218 g/mol. The Morgan fingerprint density at radius 3 is 2.38 bits per heavy atom. The predicted molar refractivity (Wildman–Crippen MR) is 58.8 cm³/mol. The molecule has 1 aliphatic heterocycles. The molecule has 74 valence electrons. The Balaban J connectivity index is 2.59. The monoisotopic (exact) mass is 218 g/mol. The molecule has 2 nitrogen and oxygen atoms in total. The van der Waals surface area contributed by atoms with Gasteiger partial charge in [-0.3, -0.25) is 0 Å². The molecule has 0 aliphatic carbocycles. The van der Waals surface area contributed by atoms with Gasteiger partial charge in [0.15, 0.2) is 0 Å². The Hall–Kier alpha value is -0.0900. The van der Waals surface area contributed by atoms with Crippen molar-refractivity contribution in [1.82, 2.24) is 0 Å². The molecule has 0 aromatic rings. The third-order valence-corrected chi connectivity index (χ3v) is 4.42. The second-order valence-electron chi connectivity index (χ2n) is 3.06. The maximum Gasteiger partial charge on any atom is 0.335 e. The molecule has 0 atom stereocenters. The normalized spacial score (nSPS) is 16.5. The first-order valence-corrected chi connectivity index (χ1v) is 6.26. The van der Waals surface area contributed by atoms with Crippen molar-refractivity contribution in [2.45, 2.75) is 26.9 Å². The van der Waals surface area contributed by atoms with Crippen LogP contribution in [0, 0.1) is 0 Å². The predicted octanol–water partition coefficient (Wildman–Crippen LogP) is 2.65. The van der Waals surface area contributed by atoms with Crippen LogP contribution in [-0.2, 0) is 9.53 Å². The number of esters is 1. The van der Waals surface area contributed by atoms with E-state index >= 15 is 0 Å². The highest BCUT2D eigenvalue weighted by atomic mass is 32.2. The molecular weight excluding hydrogens is 204 g/mol. The standard InChI is InChI=1S/C9H14O2S2/c1-6(2)11-8(10)7(3)9-12-4-5-13-9/h6H,4-5H2,1-3H3. The number of hydrogen-bond donors (Lipinski definition) is 0. The van der Waals surface area contributed by atoms with Crippen LogP contribution in [0.2, 0.25) is 0 Å². The molecule has 0 unspecified atom stereocenters. The quantitative estimate of drug-likeness (QED) is 0.526. The van der Waals surface area contributed by atoms with E-state index in [1.54, 1.807) is 23.5 Å². The number of rotatable bonds is 2. The smallest absolute Gasteiger partial charge is 0.335 e. The maximum atomic E-state index is 11.4. The molecule has 0 aromatic heterocycles. The molecule has 13 heavy (non-hydrogen) atoms. The second kappa shape index (κ2) is 4.96. The zero-order chi connectivity index (χ0) is 9.84. The van der Waals surface area contributed by atoms with E-state index in [1.165, 1.54) is 0 Å². The van der Waals surface area contributed by atoms with E-state index in [9.17, 15) is 4.79 Å². The van der Waals surface area contributed by atoms with E-state index in [0.29, 0.717) is 0 Å². The van der Waals surface area contributed by atoms with Crippen LogP contribution in [0.5, 0.6) is 0 Å². The Kier molecular flexibility index (Phi) is 4.19. The SMILES string of the molecule is CC(C(=O)OC(C)C)=C1SCCS1. The zero-order valence-electron chi connectivity index (χ0n) is 8.12. The Morgan fingerprint density at radius 2 is 1.92 bits per heavy atom. The van der Waals surface area contributed by atoms with Crippen LogP contribution < -0.4 is 0 Å². The van der Waals surface area contributed by atoms with E-state index in [2.05, 4.69) is 0 Å². The van der Waals surface area contributed by atoms with Gasteiger partial charge in [-0.25, -0.2) is 4.79 Å². The van der Waals surface area contributed by atoms with Gasteiger partial charge in [0.2, 0.25) is 0 Å². The van der Waals surface area contributed by atoms with Crippen LogP contribution in [0.4, 0.5) is 0 Å². The second-order valence-corrected chi connectivity index (χ2v) is 5.53. The van der Waals surface area contributed by atoms with E-state index in [1.807, 2.05) is 20.8 Å². The van der Waals surface area contributed by atoms with Crippen molar-refractivity contribution in [2.24, 2.45) is 0 Å². The number of carbonyl (C=O) groups is 1. The Labute approximate surface area is 87.5 Å². The molecule has 1 fully saturated rings. The Morgan fingerprint density at radius 1 is 1.38 bits per heavy atom. The van der Waals surface area contributed by atoms with Gasteiger partial charge in [-0.15, -0.1) is 23.5 Å². The summed E-state index contributed by atoms with van der Waals surface area (Å²) in [7, 11) is 0. The van der Waals surface area contributed by atoms with Crippen molar-refractivity contribution in [3.05, 3.63) is 9.81 Å². The highest BCUT2D eigenvalue weighted by Gasteiger charge is 2.17. The van der Waals surface area contributed by atoms with Crippen molar-refractivity contribution in [3.8, 4) is 0 Å². The molecule has 0 bridgehead atoms. The zero-order valence-corrected chi connectivity index (χ0v) is 9.76. The summed E-state index contributed by atoms with van der Waals surface area (Å²) in [6.45, 7) is 5.57. The topological polar surface area (TPSA) is 26.3 Å². The summed E-state index contributed by atoms with van der Waals surface area (Å²) in [6.07, 6.45) is -0.0283. The maximum absolute atomic E-state index is 11.4. The third-order valence-electron chi connectivity index (χ3n) is 1.50. The fourth-order valence-electron chi connectivity index (χ4n) is 0.913. The minimum absolute atomic E-state index is 0.0283. The molecule has 0 radical (unpaired) electrons. The number of hydrogen-bond acceptors (Lipinski definition) is 4. The fourth-order valence-corrected chi connectivity index (χ4v) is 3.38. The largest absolute Gasteiger partial charge is 0.460 e. The van der Waals surface area contributed by atoms with Gasteiger partial charge in [-0.1, -0.05) is 0 Å². The first kappa shape index (κ1) is 11.0. The van der Waals surface area contributed by atoms with Crippen molar-refractivity contribution < 1.29 is 9.53 Å². The average Bonchev–Trinajstić information content (AvgIpc) is 2.53. The molecule has 1 saturated heterocycles. The summed E-state index contributed by atoms with van der Waals surface area (Å²) in [5.74, 6) is 2.03. The van der Waals surface area contributed by atoms with Gasteiger partial charge in [-0.2, -0.15) is 0 Å². The lowest BCUT2D eigenvalue weighted by atomic mass is 10.3. The van der Waals surface area contributed by atoms with Crippen LogP contribution in [0.3, 0.4) is 0 Å². The number of carbonyl (C=O) groups excluding carboxylic acids is 1. The van der Waals surface area contributed by atoms with Crippen LogP contribution >= 0.6 is 23.5 Å². The molecular formula is C9H14O2S2. The van der Waals surface area contributed by atoms with E-state index < -0.39 is 0 Å². The van der Waals surface area contributed by atoms with Gasteiger partial charge >= 0.3 is 5.97 Å². The number of ether oxygens (including phenoxy) is 1. The van der Waals surface area contributed by atoms with Gasteiger partial charge < -0.3 is 4.74 Å². The van der Waals surface area contributed by atoms with E-state index in [0.717, 1.165) is 21.3 Å². The summed E-state index contributed by atoms with van der Waals surface area (Å²) in [5, 5.41) is 0.